The molecule has 178 valence electrons. The maximum Gasteiger partial charge on any atom is 0.268 e. The van der Waals surface area contributed by atoms with Crippen LogP contribution >= 0.6 is 11.3 Å². The summed E-state index contributed by atoms with van der Waals surface area (Å²) >= 11 is 1.61. The van der Waals surface area contributed by atoms with Crippen LogP contribution in [0.3, 0.4) is 0 Å². The first-order valence-electron chi connectivity index (χ1n) is 10.8. The van der Waals surface area contributed by atoms with E-state index >= 15 is 0 Å². The maximum atomic E-state index is 13.2. The van der Waals surface area contributed by atoms with E-state index in [1.54, 1.807) is 50.5 Å². The van der Waals surface area contributed by atoms with Crippen LogP contribution in [0.5, 0.6) is 17.2 Å². The molecule has 1 aliphatic heterocycles. The van der Waals surface area contributed by atoms with Crippen LogP contribution in [-0.4, -0.2) is 43.2 Å². The highest BCUT2D eigenvalue weighted by molar-refractivity contribution is 7.11. The summed E-state index contributed by atoms with van der Waals surface area (Å²) in [5.74, 6) is 0.969. The second-order valence-corrected chi connectivity index (χ2v) is 9.43. The lowest BCUT2D eigenvalue weighted by molar-refractivity contribution is -0.128. The summed E-state index contributed by atoms with van der Waals surface area (Å²) < 4.78 is 16.4. The van der Waals surface area contributed by atoms with E-state index in [9.17, 15) is 9.59 Å². The summed E-state index contributed by atoms with van der Waals surface area (Å²) in [5.41, 5.74) is 2.80. The van der Waals surface area contributed by atoms with Crippen molar-refractivity contribution in [1.29, 1.82) is 0 Å². The number of thiazole rings is 1. The number of carbonyl (C=O) groups is 2. The van der Waals surface area contributed by atoms with Crippen molar-refractivity contribution in [2.75, 3.05) is 24.4 Å². The third-order valence-corrected chi connectivity index (χ3v) is 6.59. The summed E-state index contributed by atoms with van der Waals surface area (Å²) in [6.07, 6.45) is -0.710. The molecule has 2 unspecified atom stereocenters. The molecule has 2 amide bonds. The molecule has 1 N–H and O–H groups in total. The van der Waals surface area contributed by atoms with Gasteiger partial charge in [-0.15, -0.1) is 11.3 Å². The fraction of sp³-hybridized carbons (Fsp3) is 0.320. The van der Waals surface area contributed by atoms with Crippen LogP contribution < -0.4 is 24.4 Å². The van der Waals surface area contributed by atoms with Gasteiger partial charge in [0, 0.05) is 22.2 Å². The quantitative estimate of drug-likeness (QED) is 0.554. The van der Waals surface area contributed by atoms with E-state index < -0.39 is 12.1 Å². The van der Waals surface area contributed by atoms with Gasteiger partial charge >= 0.3 is 0 Å². The van der Waals surface area contributed by atoms with Gasteiger partial charge < -0.3 is 19.5 Å². The molecule has 0 saturated carbocycles. The number of ether oxygens (including phenoxy) is 3. The van der Waals surface area contributed by atoms with Gasteiger partial charge in [0.25, 0.3) is 5.91 Å². The van der Waals surface area contributed by atoms with Crippen molar-refractivity contribution in [1.82, 2.24) is 4.98 Å². The van der Waals surface area contributed by atoms with Crippen LogP contribution in [0.1, 0.15) is 23.7 Å². The molecular weight excluding hydrogens is 454 g/mol. The third kappa shape index (κ3) is 4.31. The fourth-order valence-corrected chi connectivity index (χ4v) is 4.82. The average molecular weight is 482 g/mol. The monoisotopic (exact) mass is 481 g/mol. The number of nitrogens with one attached hydrogen (secondary N) is 1. The zero-order valence-electron chi connectivity index (χ0n) is 20.0. The summed E-state index contributed by atoms with van der Waals surface area (Å²) in [6.45, 7) is 7.35. The Bertz CT molecular complexity index is 1260. The van der Waals surface area contributed by atoms with Gasteiger partial charge in [-0.05, 0) is 58.0 Å². The molecule has 34 heavy (non-hydrogen) atoms. The molecule has 0 radical (unpaired) electrons. The number of aromatic nitrogens is 1. The average Bonchev–Trinajstić information content (AvgIpc) is 3.16. The standard InChI is InChI=1S/C25H27N3O5S/c1-13(24(29)27-18-8-10-21(31-5)22(12-18)32-6)28-19-11-17(23-15(3)34-16(4)26-23)7-9-20(19)33-14(2)25(28)30/h7-14H,1-6H3,(H,27,29). The van der Waals surface area contributed by atoms with Crippen LogP contribution in [0.25, 0.3) is 11.3 Å². The molecule has 1 aromatic heterocycles. The maximum absolute atomic E-state index is 13.2. The van der Waals surface area contributed by atoms with Gasteiger partial charge in [0.1, 0.15) is 11.8 Å². The number of hydrogen-bond donors (Lipinski definition) is 1. The summed E-state index contributed by atoms with van der Waals surface area (Å²) in [7, 11) is 3.07. The molecule has 9 heteroatoms. The summed E-state index contributed by atoms with van der Waals surface area (Å²) in [5, 5.41) is 3.83. The highest BCUT2D eigenvalue weighted by Crippen LogP contribution is 2.40. The van der Waals surface area contributed by atoms with Crippen molar-refractivity contribution in [3.8, 4) is 28.5 Å². The first-order chi connectivity index (χ1) is 16.2. The Balaban J connectivity index is 1.67. The first kappa shape index (κ1) is 23.6. The molecule has 4 rings (SSSR count). The van der Waals surface area contributed by atoms with E-state index in [1.165, 1.54) is 12.0 Å². The van der Waals surface area contributed by atoms with Crippen molar-refractivity contribution in [3.63, 3.8) is 0 Å². The smallest absolute Gasteiger partial charge is 0.268 e. The number of anilines is 2. The Morgan fingerprint density at radius 2 is 1.88 bits per heavy atom. The summed E-state index contributed by atoms with van der Waals surface area (Å²) in [4.78, 5) is 33.6. The Morgan fingerprint density at radius 1 is 1.15 bits per heavy atom. The lowest BCUT2D eigenvalue weighted by atomic mass is 10.1. The molecule has 3 aromatic rings. The molecular formula is C25H27N3O5S. The molecule has 0 saturated heterocycles. The first-order valence-corrected chi connectivity index (χ1v) is 11.7. The number of carbonyl (C=O) groups excluding carboxylic acids is 2. The van der Waals surface area contributed by atoms with Gasteiger partial charge in [-0.2, -0.15) is 0 Å². The number of aryl methyl sites for hydroxylation is 2. The molecule has 0 spiro atoms. The number of rotatable bonds is 6. The number of amides is 2. The van der Waals surface area contributed by atoms with E-state index in [-0.39, 0.29) is 11.8 Å². The van der Waals surface area contributed by atoms with Crippen LogP contribution in [0.4, 0.5) is 11.4 Å². The molecule has 0 bridgehead atoms. The molecule has 2 heterocycles. The second kappa shape index (κ2) is 9.34. The van der Waals surface area contributed by atoms with Gasteiger partial charge in [-0.25, -0.2) is 4.98 Å². The highest BCUT2D eigenvalue weighted by Gasteiger charge is 2.37. The number of hydrogen-bond acceptors (Lipinski definition) is 7. The topological polar surface area (TPSA) is 90.0 Å². The van der Waals surface area contributed by atoms with Gasteiger partial charge in [-0.1, -0.05) is 0 Å². The van der Waals surface area contributed by atoms with Gasteiger partial charge in [0.2, 0.25) is 5.91 Å². The molecule has 1 aliphatic rings. The predicted octanol–water partition coefficient (Wildman–Crippen LogP) is 4.59. The molecule has 0 fully saturated rings. The van der Waals surface area contributed by atoms with Gasteiger partial charge in [0.05, 0.1) is 30.6 Å². The minimum absolute atomic E-state index is 0.286. The number of benzene rings is 2. The van der Waals surface area contributed by atoms with Crippen LogP contribution in [-0.2, 0) is 9.59 Å². The number of fused-ring (bicyclic) bond motifs is 1. The van der Waals surface area contributed by atoms with Crippen LogP contribution in [0.15, 0.2) is 36.4 Å². The third-order valence-electron chi connectivity index (χ3n) is 5.70. The Morgan fingerprint density at radius 3 is 2.53 bits per heavy atom. The SMILES string of the molecule is COc1ccc(NC(=O)C(C)N2C(=O)C(C)Oc3ccc(-c4nc(C)sc4C)cc32)cc1OC. The Kier molecular flexibility index (Phi) is 6.47. The van der Waals surface area contributed by atoms with Crippen molar-refractivity contribution in [2.24, 2.45) is 0 Å². The lowest BCUT2D eigenvalue weighted by Crippen LogP contribution is -2.52. The zero-order chi connectivity index (χ0) is 24.6. The van der Waals surface area contributed by atoms with Crippen molar-refractivity contribution in [2.45, 2.75) is 39.8 Å². The molecule has 0 aliphatic carbocycles. The van der Waals surface area contributed by atoms with E-state index in [2.05, 4.69) is 10.3 Å². The van der Waals surface area contributed by atoms with Crippen molar-refractivity contribution >= 4 is 34.5 Å². The number of methoxy groups -OCH3 is 2. The van der Waals surface area contributed by atoms with Crippen LogP contribution in [0.2, 0.25) is 0 Å². The minimum Gasteiger partial charge on any atom is -0.493 e. The van der Waals surface area contributed by atoms with E-state index in [1.807, 2.05) is 32.0 Å². The van der Waals surface area contributed by atoms with Crippen molar-refractivity contribution < 1.29 is 23.8 Å². The van der Waals surface area contributed by atoms with E-state index in [0.717, 1.165) is 21.1 Å². The van der Waals surface area contributed by atoms with Crippen LogP contribution in [0, 0.1) is 13.8 Å². The van der Waals surface area contributed by atoms with Gasteiger partial charge in [0.15, 0.2) is 17.6 Å². The molecule has 2 atom stereocenters. The lowest BCUT2D eigenvalue weighted by Gasteiger charge is -2.36. The Labute approximate surface area is 202 Å². The normalized spacial score (nSPS) is 15.9. The summed E-state index contributed by atoms with van der Waals surface area (Å²) in [6, 6.07) is 9.92. The Hall–Kier alpha value is -3.59. The zero-order valence-corrected chi connectivity index (χ0v) is 20.8. The minimum atomic E-state index is -0.792. The largest absolute Gasteiger partial charge is 0.493 e. The second-order valence-electron chi connectivity index (χ2n) is 8.02. The van der Waals surface area contributed by atoms with Crippen molar-refractivity contribution in [3.05, 3.63) is 46.3 Å². The molecule has 2 aromatic carbocycles. The van der Waals surface area contributed by atoms with Gasteiger partial charge in [-0.3, -0.25) is 14.5 Å². The molecule has 8 nitrogen and oxygen atoms in total. The fourth-order valence-electron chi connectivity index (χ4n) is 3.98. The van der Waals surface area contributed by atoms with E-state index in [4.69, 9.17) is 14.2 Å². The van der Waals surface area contributed by atoms with E-state index in [0.29, 0.717) is 28.6 Å². The predicted molar refractivity (Wildman–Crippen MR) is 132 cm³/mol. The number of nitrogens with zero attached hydrogens (tertiary/aromatic N) is 2. The highest BCUT2D eigenvalue weighted by atomic mass is 32.1.